The minimum absolute atomic E-state index is 0.271. The van der Waals surface area contributed by atoms with Gasteiger partial charge in [-0.05, 0) is 55.0 Å². The molecule has 0 aliphatic carbocycles. The molecule has 2 aromatic carbocycles. The molecule has 3 aromatic rings. The van der Waals surface area contributed by atoms with Crippen molar-refractivity contribution in [2.24, 2.45) is 5.10 Å². The van der Waals surface area contributed by atoms with Crippen molar-refractivity contribution in [3.8, 4) is 34.3 Å². The molecule has 0 unspecified atom stereocenters. The monoisotopic (exact) mass is 424 g/mol. The number of carbonyl (C=O) groups excluding carboxylic acids is 1. The molecule has 0 bridgehead atoms. The van der Waals surface area contributed by atoms with E-state index in [2.05, 4.69) is 20.7 Å². The molecule has 3 rings (SSSR count). The Bertz CT molecular complexity index is 1080. The van der Waals surface area contributed by atoms with E-state index >= 15 is 0 Å². The molecule has 162 valence electrons. The molecule has 9 nitrogen and oxygen atoms in total. The Balaban J connectivity index is 1.69. The summed E-state index contributed by atoms with van der Waals surface area (Å²) in [7, 11) is 4.69. The number of H-pyrrole nitrogens is 1. The van der Waals surface area contributed by atoms with Crippen LogP contribution >= 0.6 is 0 Å². The summed E-state index contributed by atoms with van der Waals surface area (Å²) in [4.78, 5) is 12.4. The molecule has 0 atom stereocenters. The summed E-state index contributed by atoms with van der Waals surface area (Å²) in [6, 6.07) is 12.4. The maximum Gasteiger partial charge on any atom is 0.289 e. The first-order chi connectivity index (χ1) is 15.1. The van der Waals surface area contributed by atoms with Crippen LogP contribution in [0.3, 0.4) is 0 Å². The molecule has 1 aromatic heterocycles. The number of aromatic amines is 1. The maximum absolute atomic E-state index is 12.4. The van der Waals surface area contributed by atoms with Crippen molar-refractivity contribution in [3.63, 3.8) is 0 Å². The van der Waals surface area contributed by atoms with Crippen molar-refractivity contribution < 1.29 is 23.7 Å². The van der Waals surface area contributed by atoms with E-state index in [0.29, 0.717) is 35.3 Å². The summed E-state index contributed by atoms with van der Waals surface area (Å²) in [6.45, 7) is 2.44. The quantitative estimate of drug-likeness (QED) is 0.403. The molecule has 0 spiro atoms. The molecule has 0 fully saturated rings. The number of amides is 1. The van der Waals surface area contributed by atoms with Gasteiger partial charge in [-0.25, -0.2) is 5.43 Å². The fraction of sp³-hybridized carbons (Fsp3) is 0.227. The summed E-state index contributed by atoms with van der Waals surface area (Å²) >= 11 is 0. The Hall–Kier alpha value is -4.01. The molecule has 31 heavy (non-hydrogen) atoms. The number of ether oxygens (including phenoxy) is 4. The first-order valence-electron chi connectivity index (χ1n) is 9.51. The van der Waals surface area contributed by atoms with Crippen LogP contribution in [0, 0.1) is 0 Å². The third-order valence-corrected chi connectivity index (χ3v) is 4.37. The van der Waals surface area contributed by atoms with Crippen molar-refractivity contribution in [1.29, 1.82) is 0 Å². The average Bonchev–Trinajstić information content (AvgIpc) is 3.29. The predicted octanol–water partition coefficient (Wildman–Crippen LogP) is 3.27. The molecular weight excluding hydrogens is 400 g/mol. The number of carbonyl (C=O) groups is 1. The van der Waals surface area contributed by atoms with Crippen molar-refractivity contribution in [3.05, 3.63) is 53.7 Å². The minimum Gasteiger partial charge on any atom is -0.493 e. The number of rotatable bonds is 9. The zero-order chi connectivity index (χ0) is 22.2. The van der Waals surface area contributed by atoms with E-state index in [1.807, 2.05) is 13.0 Å². The summed E-state index contributed by atoms with van der Waals surface area (Å²) in [5.41, 5.74) is 4.86. The Morgan fingerprint density at radius 2 is 1.71 bits per heavy atom. The van der Waals surface area contributed by atoms with Gasteiger partial charge in [0.25, 0.3) is 5.91 Å². The van der Waals surface area contributed by atoms with Crippen LogP contribution in [0.15, 0.2) is 47.6 Å². The lowest BCUT2D eigenvalue weighted by atomic mass is 10.1. The topological polar surface area (TPSA) is 107 Å². The van der Waals surface area contributed by atoms with E-state index in [1.165, 1.54) is 6.21 Å². The van der Waals surface area contributed by atoms with E-state index in [-0.39, 0.29) is 5.69 Å². The third kappa shape index (κ3) is 5.13. The average molecular weight is 424 g/mol. The van der Waals surface area contributed by atoms with Crippen LogP contribution in [-0.2, 0) is 0 Å². The smallest absolute Gasteiger partial charge is 0.289 e. The second-order valence-corrected chi connectivity index (χ2v) is 6.28. The van der Waals surface area contributed by atoms with Crippen molar-refractivity contribution in [1.82, 2.24) is 15.6 Å². The lowest BCUT2D eigenvalue weighted by Crippen LogP contribution is -2.18. The van der Waals surface area contributed by atoms with Crippen molar-refractivity contribution in [2.45, 2.75) is 6.92 Å². The van der Waals surface area contributed by atoms with Crippen LogP contribution in [0.2, 0.25) is 0 Å². The van der Waals surface area contributed by atoms with Crippen LogP contribution < -0.4 is 24.4 Å². The van der Waals surface area contributed by atoms with Gasteiger partial charge in [-0.1, -0.05) is 0 Å². The normalized spacial score (nSPS) is 10.7. The van der Waals surface area contributed by atoms with Gasteiger partial charge in [0.2, 0.25) is 0 Å². The van der Waals surface area contributed by atoms with Gasteiger partial charge >= 0.3 is 0 Å². The highest BCUT2D eigenvalue weighted by atomic mass is 16.5. The number of nitrogens with one attached hydrogen (secondary N) is 2. The van der Waals surface area contributed by atoms with Crippen molar-refractivity contribution >= 4 is 12.1 Å². The van der Waals surface area contributed by atoms with Gasteiger partial charge < -0.3 is 18.9 Å². The Labute approximate surface area is 180 Å². The van der Waals surface area contributed by atoms with Crippen LogP contribution in [0.1, 0.15) is 23.0 Å². The van der Waals surface area contributed by atoms with E-state index in [0.717, 1.165) is 11.1 Å². The number of aromatic nitrogens is 2. The van der Waals surface area contributed by atoms with Crippen LogP contribution in [0.5, 0.6) is 23.0 Å². The predicted molar refractivity (Wildman–Crippen MR) is 116 cm³/mol. The Morgan fingerprint density at radius 1 is 1.00 bits per heavy atom. The van der Waals surface area contributed by atoms with Gasteiger partial charge in [-0.2, -0.15) is 10.2 Å². The van der Waals surface area contributed by atoms with E-state index < -0.39 is 5.91 Å². The summed E-state index contributed by atoms with van der Waals surface area (Å²) in [5.74, 6) is 1.99. The molecule has 0 aliphatic heterocycles. The third-order valence-electron chi connectivity index (χ3n) is 4.37. The molecule has 1 heterocycles. The standard InChI is InChI=1S/C22H24N4O5/c1-5-31-19-9-7-15(11-21(19)30-4)16-12-17(25-24-16)22(27)26-23-13-14-6-8-18(28-2)20(10-14)29-3/h6-13H,5H2,1-4H3,(H,24,25)(H,26,27)/b23-13-. The minimum atomic E-state index is -0.423. The lowest BCUT2D eigenvalue weighted by Gasteiger charge is -2.09. The molecule has 0 aliphatic rings. The molecule has 0 radical (unpaired) electrons. The highest BCUT2D eigenvalue weighted by Crippen LogP contribution is 2.32. The Kier molecular flexibility index (Phi) is 7.10. The van der Waals surface area contributed by atoms with Gasteiger partial charge in [-0.3, -0.25) is 9.89 Å². The second-order valence-electron chi connectivity index (χ2n) is 6.28. The molecule has 2 N–H and O–H groups in total. The highest BCUT2D eigenvalue weighted by Gasteiger charge is 2.13. The number of methoxy groups -OCH3 is 3. The number of nitrogens with zero attached hydrogens (tertiary/aromatic N) is 2. The largest absolute Gasteiger partial charge is 0.493 e. The molecular formula is C22H24N4O5. The van der Waals surface area contributed by atoms with E-state index in [9.17, 15) is 4.79 Å². The second kappa shape index (κ2) is 10.1. The summed E-state index contributed by atoms with van der Waals surface area (Å²) in [6.07, 6.45) is 1.51. The molecule has 9 heteroatoms. The van der Waals surface area contributed by atoms with Gasteiger partial charge in [0, 0.05) is 5.56 Å². The zero-order valence-electron chi connectivity index (χ0n) is 17.8. The van der Waals surface area contributed by atoms with Gasteiger partial charge in [0.1, 0.15) is 5.69 Å². The van der Waals surface area contributed by atoms with Crippen LogP contribution in [-0.4, -0.2) is 50.3 Å². The molecule has 1 amide bonds. The first-order valence-corrected chi connectivity index (χ1v) is 9.51. The lowest BCUT2D eigenvalue weighted by molar-refractivity contribution is 0.0950. The maximum atomic E-state index is 12.4. The van der Waals surface area contributed by atoms with Gasteiger partial charge in [0.05, 0.1) is 39.8 Å². The van der Waals surface area contributed by atoms with E-state index in [1.54, 1.807) is 57.7 Å². The fourth-order valence-corrected chi connectivity index (χ4v) is 2.85. The summed E-state index contributed by atoms with van der Waals surface area (Å²) in [5, 5.41) is 10.9. The number of hydrazone groups is 1. The Morgan fingerprint density at radius 3 is 2.42 bits per heavy atom. The summed E-state index contributed by atoms with van der Waals surface area (Å²) < 4.78 is 21.3. The molecule has 0 saturated heterocycles. The number of benzene rings is 2. The van der Waals surface area contributed by atoms with Gasteiger partial charge in [0.15, 0.2) is 23.0 Å². The SMILES string of the molecule is CCOc1ccc(-c2cc(C(=O)N/N=C\c3ccc(OC)c(OC)c3)[nH]n2)cc1OC. The van der Waals surface area contributed by atoms with Gasteiger partial charge in [-0.15, -0.1) is 0 Å². The number of hydrogen-bond acceptors (Lipinski definition) is 7. The zero-order valence-corrected chi connectivity index (χ0v) is 17.8. The first kappa shape index (κ1) is 21.7. The fourth-order valence-electron chi connectivity index (χ4n) is 2.85. The molecule has 0 saturated carbocycles. The highest BCUT2D eigenvalue weighted by molar-refractivity contribution is 5.94. The van der Waals surface area contributed by atoms with Crippen LogP contribution in [0.25, 0.3) is 11.3 Å². The van der Waals surface area contributed by atoms with E-state index in [4.69, 9.17) is 18.9 Å². The van der Waals surface area contributed by atoms with Crippen LogP contribution in [0.4, 0.5) is 0 Å². The number of hydrogen-bond donors (Lipinski definition) is 2. The van der Waals surface area contributed by atoms with Crippen molar-refractivity contribution in [2.75, 3.05) is 27.9 Å².